The van der Waals surface area contributed by atoms with E-state index in [1.165, 1.54) is 7.11 Å². The maximum absolute atomic E-state index is 13.7. The second-order valence-corrected chi connectivity index (χ2v) is 10.4. The summed E-state index contributed by atoms with van der Waals surface area (Å²) in [5.41, 5.74) is 8.94. The van der Waals surface area contributed by atoms with Gasteiger partial charge in [0.2, 0.25) is 11.6 Å². The number of rotatable bonds is 7. The van der Waals surface area contributed by atoms with Gasteiger partial charge in [-0.1, -0.05) is 0 Å². The van der Waals surface area contributed by atoms with Crippen LogP contribution < -0.4 is 16.8 Å². The second-order valence-electron chi connectivity index (χ2n) is 9.32. The number of hydrogen-bond donors (Lipinski definition) is 7. The molecule has 0 aromatic rings. The highest BCUT2D eigenvalue weighted by atomic mass is 32.2. The van der Waals surface area contributed by atoms with Crippen LogP contribution in [-0.4, -0.2) is 123 Å². The van der Waals surface area contributed by atoms with Crippen molar-refractivity contribution >= 4 is 29.4 Å². The molecule has 198 valence electrons. The highest BCUT2D eigenvalue weighted by molar-refractivity contribution is 8.00. The van der Waals surface area contributed by atoms with E-state index in [1.54, 1.807) is 4.90 Å². The number of ketones is 2. The molecule has 15 heteroatoms. The van der Waals surface area contributed by atoms with E-state index in [0.717, 1.165) is 11.8 Å². The van der Waals surface area contributed by atoms with Crippen molar-refractivity contribution in [3.8, 4) is 0 Å². The predicted molar refractivity (Wildman–Crippen MR) is 121 cm³/mol. The number of hydrogen-bond acceptors (Lipinski definition) is 14. The Kier molecular flexibility index (Phi) is 6.32. The van der Waals surface area contributed by atoms with Gasteiger partial charge in [0, 0.05) is 36.6 Å². The van der Waals surface area contributed by atoms with Crippen LogP contribution in [0.5, 0.6) is 0 Å². The largest absolute Gasteiger partial charge is 0.449 e. The molecule has 0 radical (unpaired) electrons. The summed E-state index contributed by atoms with van der Waals surface area (Å²) in [5.74, 6) is -2.08. The maximum Gasteiger partial charge on any atom is 0.404 e. The van der Waals surface area contributed by atoms with Gasteiger partial charge in [-0.2, -0.15) is 0 Å². The molecule has 1 amide bonds. The third-order valence-corrected chi connectivity index (χ3v) is 8.74. The molecule has 0 bridgehead atoms. The third kappa shape index (κ3) is 3.49. The van der Waals surface area contributed by atoms with Gasteiger partial charge in [-0.05, 0) is 0 Å². The molecule has 5 unspecified atom stereocenters. The molecular weight excluding hydrogens is 500 g/mol. The van der Waals surface area contributed by atoms with Gasteiger partial charge < -0.3 is 56.3 Å². The van der Waals surface area contributed by atoms with Gasteiger partial charge in [0.1, 0.15) is 36.5 Å². The molecule has 0 aromatic heterocycles. The first-order valence-corrected chi connectivity index (χ1v) is 12.4. The minimum absolute atomic E-state index is 0.0179. The van der Waals surface area contributed by atoms with Crippen LogP contribution in [0.15, 0.2) is 22.5 Å². The van der Waals surface area contributed by atoms with Crippen molar-refractivity contribution in [1.82, 2.24) is 10.2 Å². The van der Waals surface area contributed by atoms with Crippen molar-refractivity contribution in [3.05, 3.63) is 22.5 Å². The molecule has 36 heavy (non-hydrogen) atoms. The van der Waals surface area contributed by atoms with Gasteiger partial charge in [0.25, 0.3) is 0 Å². The number of nitrogens with two attached hydrogens (primary N) is 2. The lowest BCUT2D eigenvalue weighted by atomic mass is 9.82. The van der Waals surface area contributed by atoms with Crippen LogP contribution in [-0.2, 0) is 23.8 Å². The average molecular weight is 529 g/mol. The monoisotopic (exact) mass is 528 g/mol. The molecule has 1 aliphatic carbocycles. The molecule has 5 rings (SSSR count). The topological polar surface area (TPSA) is 237 Å². The molecule has 5 aliphatic rings. The standard InChI is InChI=1S/C21H28N4O10S/c1-33-21-7(4-34-20(23)32)10-12(25(21)2-8-18(21)24-8)13(27)6(11(22)15(10)29)5-36-19-17(31)16(30)14(28)9(3-26)35-19/h7-9,14,16-19,24,26,28,30-31H,2-5,22H2,1H3,(H2,23,32)/t7-,8+,9?,14?,16?,17?,18+,19?,21-/m1/s1. The minimum Gasteiger partial charge on any atom is -0.449 e. The molecule has 0 spiro atoms. The van der Waals surface area contributed by atoms with Gasteiger partial charge >= 0.3 is 6.09 Å². The normalized spacial score (nSPS) is 41.4. The zero-order chi connectivity index (χ0) is 26.1. The summed E-state index contributed by atoms with van der Waals surface area (Å²) < 4.78 is 16.4. The Hall–Kier alpha value is -2.24. The zero-order valence-electron chi connectivity index (χ0n) is 19.2. The lowest BCUT2D eigenvalue weighted by Crippen LogP contribution is -2.57. The number of ether oxygens (including phenoxy) is 3. The Labute approximate surface area is 209 Å². The van der Waals surface area contributed by atoms with Gasteiger partial charge in [-0.15, -0.1) is 11.8 Å². The van der Waals surface area contributed by atoms with Crippen LogP contribution >= 0.6 is 11.8 Å². The van der Waals surface area contributed by atoms with E-state index < -0.39 is 65.8 Å². The van der Waals surface area contributed by atoms with Crippen molar-refractivity contribution in [2.24, 2.45) is 17.4 Å². The van der Waals surface area contributed by atoms with Gasteiger partial charge in [0.15, 0.2) is 5.72 Å². The predicted octanol–water partition coefficient (Wildman–Crippen LogP) is -4.14. The first-order chi connectivity index (χ1) is 17.1. The van der Waals surface area contributed by atoms with Crippen molar-refractivity contribution in [3.63, 3.8) is 0 Å². The molecule has 0 saturated carbocycles. The number of thioether (sulfide) groups is 1. The number of aliphatic hydroxyl groups excluding tert-OH is 4. The molecule has 3 fully saturated rings. The zero-order valence-corrected chi connectivity index (χ0v) is 20.0. The van der Waals surface area contributed by atoms with Gasteiger partial charge in [-0.25, -0.2) is 4.79 Å². The van der Waals surface area contributed by atoms with Crippen molar-refractivity contribution in [2.75, 3.05) is 32.6 Å². The van der Waals surface area contributed by atoms with Crippen LogP contribution in [0.4, 0.5) is 4.79 Å². The molecule has 4 aliphatic heterocycles. The smallest absolute Gasteiger partial charge is 0.404 e. The molecule has 14 nitrogen and oxygen atoms in total. The Balaban J connectivity index is 1.42. The van der Waals surface area contributed by atoms with E-state index in [-0.39, 0.29) is 47.0 Å². The number of nitrogens with one attached hydrogen (secondary N) is 1. The summed E-state index contributed by atoms with van der Waals surface area (Å²) in [5, 5.41) is 43.0. The summed E-state index contributed by atoms with van der Waals surface area (Å²) in [7, 11) is 1.45. The fourth-order valence-corrected chi connectivity index (χ4v) is 6.95. The van der Waals surface area contributed by atoms with Gasteiger partial charge in [-0.3, -0.25) is 9.59 Å². The second kappa shape index (κ2) is 8.95. The number of fused-ring (bicyclic) bond motifs is 4. The number of allylic oxidation sites excluding steroid dienone is 2. The average Bonchev–Trinajstić information content (AvgIpc) is 3.46. The first kappa shape index (κ1) is 25.4. The van der Waals surface area contributed by atoms with E-state index >= 15 is 0 Å². The SMILES string of the molecule is CO[C@@]12[C@H](COC(N)=O)C3=C(C(=O)C(CSC4OC(CO)C(O)C(O)C4O)=C(N)C3=O)N1C[C@@H]1N[C@@H]12. The van der Waals surface area contributed by atoms with Crippen LogP contribution in [0.3, 0.4) is 0 Å². The lowest BCUT2D eigenvalue weighted by Gasteiger charge is -2.40. The summed E-state index contributed by atoms with van der Waals surface area (Å²) in [6.45, 7) is -0.499. The molecular formula is C21H28N4O10S. The summed E-state index contributed by atoms with van der Waals surface area (Å²) >= 11 is 0.899. The van der Waals surface area contributed by atoms with Crippen molar-refractivity contribution in [2.45, 2.75) is 47.7 Å². The highest BCUT2D eigenvalue weighted by Crippen LogP contribution is 2.55. The number of piperazine rings is 1. The van der Waals surface area contributed by atoms with Crippen LogP contribution in [0.1, 0.15) is 0 Å². The number of carbonyl (C=O) groups is 3. The van der Waals surface area contributed by atoms with Crippen molar-refractivity contribution in [1.29, 1.82) is 0 Å². The van der Waals surface area contributed by atoms with Crippen LogP contribution in [0.25, 0.3) is 0 Å². The first-order valence-electron chi connectivity index (χ1n) is 11.3. The third-order valence-electron chi connectivity index (χ3n) is 7.57. The number of nitrogens with zero attached hydrogens (tertiary/aromatic N) is 1. The molecule has 9 N–H and O–H groups in total. The number of amides is 1. The van der Waals surface area contributed by atoms with Gasteiger partial charge in [0.05, 0.1) is 30.0 Å². The van der Waals surface area contributed by atoms with E-state index in [0.29, 0.717) is 6.54 Å². The van der Waals surface area contributed by atoms with E-state index in [1.807, 2.05) is 0 Å². The minimum atomic E-state index is -1.58. The molecule has 4 heterocycles. The molecule has 9 atom stereocenters. The van der Waals surface area contributed by atoms with Crippen molar-refractivity contribution < 1.29 is 49.0 Å². The number of aliphatic hydroxyl groups is 4. The van der Waals surface area contributed by atoms with E-state index in [2.05, 4.69) is 5.32 Å². The van der Waals surface area contributed by atoms with E-state index in [9.17, 15) is 34.8 Å². The fourth-order valence-electron chi connectivity index (χ4n) is 5.76. The van der Waals surface area contributed by atoms with Crippen LogP contribution in [0.2, 0.25) is 0 Å². The molecule has 3 saturated heterocycles. The number of Topliss-reactive ketones (excluding diaryl/α,β-unsaturated/α-hetero) is 2. The Morgan fingerprint density at radius 2 is 1.97 bits per heavy atom. The maximum atomic E-state index is 13.7. The molecule has 0 aromatic carbocycles. The Morgan fingerprint density at radius 3 is 2.61 bits per heavy atom. The Morgan fingerprint density at radius 1 is 1.25 bits per heavy atom. The Bertz CT molecular complexity index is 1070. The highest BCUT2D eigenvalue weighted by Gasteiger charge is 2.72. The quantitative estimate of drug-likeness (QED) is 0.123. The van der Waals surface area contributed by atoms with Crippen LogP contribution in [0, 0.1) is 5.92 Å². The lowest BCUT2D eigenvalue weighted by molar-refractivity contribution is -0.205. The van der Waals surface area contributed by atoms with E-state index in [4.69, 9.17) is 25.7 Å². The number of carbonyl (C=O) groups excluding carboxylic acids is 3. The summed E-state index contributed by atoms with van der Waals surface area (Å²) in [6, 6.07) is -0.184. The number of primary amides is 1. The summed E-state index contributed by atoms with van der Waals surface area (Å²) in [6.07, 6.45) is -6.76. The number of methoxy groups -OCH3 is 1. The summed E-state index contributed by atoms with van der Waals surface area (Å²) in [4.78, 5) is 40.3. The fraction of sp³-hybridized carbons (Fsp3) is 0.667.